The normalized spacial score (nSPS) is 10.8. The Bertz CT molecular complexity index is 1450. The fourth-order valence-corrected chi connectivity index (χ4v) is 5.83. The van der Waals surface area contributed by atoms with Crippen molar-refractivity contribution in [1.29, 1.82) is 5.26 Å². The number of hydrogen-bond acceptors (Lipinski definition) is 6. The Morgan fingerprint density at radius 1 is 1.15 bits per heavy atom. The van der Waals surface area contributed by atoms with Gasteiger partial charge in [-0.2, -0.15) is 5.26 Å². The number of amides is 2. The van der Waals surface area contributed by atoms with Crippen LogP contribution >= 0.6 is 34.3 Å². The lowest BCUT2D eigenvalue weighted by atomic mass is 10.1. The zero-order valence-corrected chi connectivity index (χ0v) is 21.2. The van der Waals surface area contributed by atoms with Crippen LogP contribution in [0.3, 0.4) is 0 Å². The monoisotopic (exact) mass is 508 g/mol. The number of hydrogen-bond donors (Lipinski definition) is 1. The molecular formula is C25H21ClN4O2S2. The zero-order chi connectivity index (χ0) is 24.4. The maximum Gasteiger partial charge on any atom is 0.264 e. The number of thiophene rings is 2. The molecule has 0 atom stereocenters. The second-order valence-electron chi connectivity index (χ2n) is 7.48. The average Bonchev–Trinajstić information content (AvgIpc) is 3.41. The zero-order valence-electron chi connectivity index (χ0n) is 18.8. The number of anilines is 1. The van der Waals surface area contributed by atoms with Gasteiger partial charge < -0.3 is 10.2 Å². The minimum Gasteiger partial charge on any atom is -0.338 e. The third-order valence-electron chi connectivity index (χ3n) is 5.52. The van der Waals surface area contributed by atoms with Crippen LogP contribution in [0.25, 0.3) is 21.5 Å². The topological polar surface area (TPSA) is 86.1 Å². The Labute approximate surface area is 210 Å². The van der Waals surface area contributed by atoms with E-state index in [1.165, 1.54) is 11.3 Å². The van der Waals surface area contributed by atoms with Crippen molar-refractivity contribution in [1.82, 2.24) is 9.88 Å². The molecule has 0 aliphatic heterocycles. The summed E-state index contributed by atoms with van der Waals surface area (Å²) in [7, 11) is 0. The van der Waals surface area contributed by atoms with Gasteiger partial charge in [0.1, 0.15) is 11.1 Å². The van der Waals surface area contributed by atoms with Crippen LogP contribution in [0.5, 0.6) is 0 Å². The smallest absolute Gasteiger partial charge is 0.264 e. The summed E-state index contributed by atoms with van der Waals surface area (Å²) in [6.07, 6.45) is 0. The van der Waals surface area contributed by atoms with Gasteiger partial charge in [0, 0.05) is 18.5 Å². The summed E-state index contributed by atoms with van der Waals surface area (Å²) < 4.78 is 0.633. The predicted molar refractivity (Wildman–Crippen MR) is 139 cm³/mol. The molecule has 0 fully saturated rings. The van der Waals surface area contributed by atoms with Crippen LogP contribution < -0.4 is 5.32 Å². The lowest BCUT2D eigenvalue weighted by Gasteiger charge is -2.17. The van der Waals surface area contributed by atoms with Crippen LogP contribution in [0.4, 0.5) is 5.00 Å². The molecule has 0 saturated carbocycles. The van der Waals surface area contributed by atoms with E-state index < -0.39 is 0 Å². The van der Waals surface area contributed by atoms with Crippen molar-refractivity contribution in [3.63, 3.8) is 0 Å². The van der Waals surface area contributed by atoms with E-state index in [2.05, 4.69) is 11.4 Å². The number of halogens is 1. The lowest BCUT2D eigenvalue weighted by molar-refractivity contribution is 0.0777. The van der Waals surface area contributed by atoms with Crippen molar-refractivity contribution in [2.24, 2.45) is 0 Å². The van der Waals surface area contributed by atoms with Gasteiger partial charge >= 0.3 is 0 Å². The van der Waals surface area contributed by atoms with Crippen LogP contribution in [0.2, 0.25) is 4.34 Å². The molecule has 9 heteroatoms. The van der Waals surface area contributed by atoms with Crippen LogP contribution in [-0.4, -0.2) is 34.8 Å². The van der Waals surface area contributed by atoms with Gasteiger partial charge in [0.25, 0.3) is 11.8 Å². The minimum absolute atomic E-state index is 0.143. The summed E-state index contributed by atoms with van der Waals surface area (Å²) in [6.45, 7) is 6.68. The fraction of sp³-hybridized carbons (Fsp3) is 0.200. The number of benzene rings is 1. The molecule has 0 bridgehead atoms. The van der Waals surface area contributed by atoms with E-state index >= 15 is 0 Å². The van der Waals surface area contributed by atoms with Gasteiger partial charge in [-0.3, -0.25) is 9.59 Å². The number of nitrogens with one attached hydrogen (secondary N) is 1. The second kappa shape index (κ2) is 9.94. The first-order valence-corrected chi connectivity index (χ1v) is 12.7. The Morgan fingerprint density at radius 3 is 2.53 bits per heavy atom. The standard InChI is InChI=1S/C25H21ClN4O2S2/c1-4-30(5-2)25(32)22-14(3)17(13-27)24(34-22)29-23(31)16-12-19(20-10-11-21(26)33-20)28-18-9-7-6-8-15(16)18/h6-12H,4-5H2,1-3H3,(H,29,31). The highest BCUT2D eigenvalue weighted by Crippen LogP contribution is 2.35. The number of nitrogens with zero attached hydrogens (tertiary/aromatic N) is 3. The summed E-state index contributed by atoms with van der Waals surface area (Å²) in [5, 5.41) is 13.7. The predicted octanol–water partition coefficient (Wildman–Crippen LogP) is 6.59. The van der Waals surface area contributed by atoms with Crippen molar-refractivity contribution in [3.05, 3.63) is 68.4 Å². The second-order valence-corrected chi connectivity index (χ2v) is 10.2. The SMILES string of the molecule is CCN(CC)C(=O)c1sc(NC(=O)c2cc(-c3ccc(Cl)s3)nc3ccccc23)c(C#N)c1C. The van der Waals surface area contributed by atoms with Crippen molar-refractivity contribution < 1.29 is 9.59 Å². The van der Waals surface area contributed by atoms with Crippen LogP contribution in [0.1, 0.15) is 45.0 Å². The van der Waals surface area contributed by atoms with E-state index in [1.54, 1.807) is 24.0 Å². The van der Waals surface area contributed by atoms with E-state index in [0.717, 1.165) is 16.2 Å². The largest absolute Gasteiger partial charge is 0.338 e. The third-order valence-corrected chi connectivity index (χ3v) is 7.97. The summed E-state index contributed by atoms with van der Waals surface area (Å²) in [5.74, 6) is -0.516. The van der Waals surface area contributed by atoms with E-state index in [0.29, 0.717) is 60.6 Å². The van der Waals surface area contributed by atoms with Crippen LogP contribution in [0.15, 0.2) is 42.5 Å². The molecule has 4 aromatic rings. The van der Waals surface area contributed by atoms with Crippen molar-refractivity contribution in [2.75, 3.05) is 18.4 Å². The molecule has 172 valence electrons. The molecule has 0 unspecified atom stereocenters. The Hall–Kier alpha value is -3.25. The highest BCUT2D eigenvalue weighted by atomic mass is 35.5. The van der Waals surface area contributed by atoms with Gasteiger partial charge in [-0.25, -0.2) is 4.98 Å². The van der Waals surface area contributed by atoms with Gasteiger partial charge in [0.05, 0.1) is 36.4 Å². The molecule has 0 aliphatic carbocycles. The summed E-state index contributed by atoms with van der Waals surface area (Å²) in [5.41, 5.74) is 2.62. The molecule has 1 aromatic carbocycles. The molecule has 2 amide bonds. The molecule has 3 heterocycles. The number of fused-ring (bicyclic) bond motifs is 1. The van der Waals surface area contributed by atoms with Crippen LogP contribution in [0, 0.1) is 18.3 Å². The summed E-state index contributed by atoms with van der Waals surface area (Å²) in [6, 6.07) is 14.9. The quantitative estimate of drug-likeness (QED) is 0.318. The number of rotatable bonds is 6. The Kier molecular flexibility index (Phi) is 6.98. The van der Waals surface area contributed by atoms with Crippen LogP contribution in [-0.2, 0) is 0 Å². The number of aromatic nitrogens is 1. The molecule has 34 heavy (non-hydrogen) atoms. The van der Waals surface area contributed by atoms with Gasteiger partial charge in [-0.1, -0.05) is 29.8 Å². The summed E-state index contributed by atoms with van der Waals surface area (Å²) >= 11 is 8.63. The summed E-state index contributed by atoms with van der Waals surface area (Å²) in [4.78, 5) is 34.1. The maximum atomic E-state index is 13.5. The Balaban J connectivity index is 1.76. The number of nitriles is 1. The van der Waals surface area contributed by atoms with Crippen molar-refractivity contribution in [3.8, 4) is 16.6 Å². The molecule has 0 aliphatic rings. The molecule has 0 radical (unpaired) electrons. The van der Waals surface area contributed by atoms with Gasteiger partial charge in [-0.05, 0) is 50.6 Å². The van der Waals surface area contributed by atoms with E-state index in [4.69, 9.17) is 16.6 Å². The fourth-order valence-electron chi connectivity index (χ4n) is 3.71. The van der Waals surface area contributed by atoms with Gasteiger partial charge in [0.15, 0.2) is 0 Å². The molecule has 3 aromatic heterocycles. The highest BCUT2D eigenvalue weighted by Gasteiger charge is 2.25. The van der Waals surface area contributed by atoms with E-state index in [-0.39, 0.29) is 11.8 Å². The van der Waals surface area contributed by atoms with E-state index in [1.807, 2.05) is 44.2 Å². The van der Waals surface area contributed by atoms with E-state index in [9.17, 15) is 14.9 Å². The first kappa shape index (κ1) is 23.9. The van der Waals surface area contributed by atoms with Crippen molar-refractivity contribution in [2.45, 2.75) is 20.8 Å². The first-order valence-electron chi connectivity index (χ1n) is 10.7. The third kappa shape index (κ3) is 4.42. The minimum atomic E-state index is -0.373. The molecule has 0 spiro atoms. The van der Waals surface area contributed by atoms with Gasteiger partial charge in [-0.15, -0.1) is 22.7 Å². The lowest BCUT2D eigenvalue weighted by Crippen LogP contribution is -2.30. The Morgan fingerprint density at radius 2 is 1.88 bits per heavy atom. The molecule has 6 nitrogen and oxygen atoms in total. The molecular weight excluding hydrogens is 488 g/mol. The molecule has 0 saturated heterocycles. The maximum absolute atomic E-state index is 13.5. The molecule has 1 N–H and O–H groups in total. The average molecular weight is 509 g/mol. The number of carbonyl (C=O) groups excluding carboxylic acids is 2. The number of para-hydroxylation sites is 1. The molecule has 4 rings (SSSR count). The van der Waals surface area contributed by atoms with Gasteiger partial charge in [0.2, 0.25) is 0 Å². The van der Waals surface area contributed by atoms with Crippen molar-refractivity contribution >= 4 is 62.0 Å². The first-order chi connectivity index (χ1) is 16.4. The number of carbonyl (C=O) groups is 2. The highest BCUT2D eigenvalue weighted by molar-refractivity contribution is 7.19. The number of pyridine rings is 1.